The zero-order valence-electron chi connectivity index (χ0n) is 8.79. The van der Waals surface area contributed by atoms with Crippen molar-refractivity contribution in [1.29, 1.82) is 5.26 Å². The fourth-order valence-corrected chi connectivity index (χ4v) is 2.06. The smallest absolute Gasteiger partial charge is 0.160 e. The van der Waals surface area contributed by atoms with Crippen LogP contribution < -0.4 is 5.32 Å². The Labute approximate surface area is 100 Å². The van der Waals surface area contributed by atoms with E-state index < -0.39 is 11.6 Å². The van der Waals surface area contributed by atoms with E-state index in [1.807, 2.05) is 6.07 Å². The van der Waals surface area contributed by atoms with Crippen molar-refractivity contribution in [3.05, 3.63) is 41.1 Å². The molecule has 17 heavy (non-hydrogen) atoms. The maximum absolute atomic E-state index is 13.0. The van der Waals surface area contributed by atoms with Gasteiger partial charge in [0.05, 0.1) is 5.69 Å². The Morgan fingerprint density at radius 3 is 2.76 bits per heavy atom. The Kier molecular flexibility index (Phi) is 3.02. The number of rotatable bonds is 2. The van der Waals surface area contributed by atoms with E-state index in [-0.39, 0.29) is 0 Å². The molecule has 0 saturated heterocycles. The Hall–Kier alpha value is -2.00. The van der Waals surface area contributed by atoms with Crippen LogP contribution in [0.15, 0.2) is 18.2 Å². The summed E-state index contributed by atoms with van der Waals surface area (Å²) in [6.45, 7) is 1.71. The highest BCUT2D eigenvalue weighted by atomic mass is 32.1. The molecule has 0 saturated carbocycles. The van der Waals surface area contributed by atoms with E-state index >= 15 is 0 Å². The van der Waals surface area contributed by atoms with Crippen LogP contribution >= 0.6 is 11.5 Å². The standard InChI is InChI=1S/C11H7F2N3S/c1-6-8(5-14)11(17-16-6)15-7-2-3-9(12)10(13)4-7/h2-4,15H,1H3. The molecule has 2 rings (SSSR count). The van der Waals surface area contributed by atoms with Crippen molar-refractivity contribution in [3.63, 3.8) is 0 Å². The molecule has 1 heterocycles. The maximum Gasteiger partial charge on any atom is 0.160 e. The van der Waals surface area contributed by atoms with E-state index in [0.717, 1.165) is 23.7 Å². The van der Waals surface area contributed by atoms with Gasteiger partial charge >= 0.3 is 0 Å². The van der Waals surface area contributed by atoms with Crippen molar-refractivity contribution in [2.75, 3.05) is 5.32 Å². The van der Waals surface area contributed by atoms with Gasteiger partial charge in [0.25, 0.3) is 0 Å². The molecule has 1 aromatic heterocycles. The van der Waals surface area contributed by atoms with Crippen molar-refractivity contribution < 1.29 is 8.78 Å². The topological polar surface area (TPSA) is 48.7 Å². The van der Waals surface area contributed by atoms with Crippen LogP contribution in [0.2, 0.25) is 0 Å². The van der Waals surface area contributed by atoms with Crippen LogP contribution in [-0.2, 0) is 0 Å². The first-order valence-corrected chi connectivity index (χ1v) is 5.47. The lowest BCUT2D eigenvalue weighted by molar-refractivity contribution is 0.509. The predicted octanol–water partition coefficient (Wildman–Crippen LogP) is 3.35. The highest BCUT2D eigenvalue weighted by Gasteiger charge is 2.11. The Morgan fingerprint density at radius 1 is 1.35 bits per heavy atom. The van der Waals surface area contributed by atoms with Crippen LogP contribution in [0, 0.1) is 29.9 Å². The number of hydrogen-bond donors (Lipinski definition) is 1. The van der Waals surface area contributed by atoms with Gasteiger partial charge < -0.3 is 5.32 Å². The minimum absolute atomic E-state index is 0.379. The van der Waals surface area contributed by atoms with Gasteiger partial charge in [-0.25, -0.2) is 8.78 Å². The second-order valence-corrected chi connectivity index (χ2v) is 4.11. The van der Waals surface area contributed by atoms with E-state index in [1.54, 1.807) is 6.92 Å². The third-order valence-electron chi connectivity index (χ3n) is 2.15. The number of aromatic nitrogens is 1. The normalized spacial score (nSPS) is 10.0. The van der Waals surface area contributed by atoms with Crippen molar-refractivity contribution >= 4 is 22.2 Å². The third-order valence-corrected chi connectivity index (χ3v) is 3.01. The molecule has 0 bridgehead atoms. The summed E-state index contributed by atoms with van der Waals surface area (Å²) in [6, 6.07) is 5.46. The Morgan fingerprint density at radius 2 is 2.12 bits per heavy atom. The van der Waals surface area contributed by atoms with Gasteiger partial charge in [0.15, 0.2) is 11.6 Å². The van der Waals surface area contributed by atoms with Crippen LogP contribution in [0.4, 0.5) is 19.5 Å². The van der Waals surface area contributed by atoms with Crippen LogP contribution in [0.1, 0.15) is 11.3 Å². The summed E-state index contributed by atoms with van der Waals surface area (Å²) < 4.78 is 29.7. The molecule has 0 aliphatic carbocycles. The average Bonchev–Trinajstić information content (AvgIpc) is 2.64. The van der Waals surface area contributed by atoms with Gasteiger partial charge in [0.1, 0.15) is 16.6 Å². The van der Waals surface area contributed by atoms with E-state index in [4.69, 9.17) is 5.26 Å². The van der Waals surface area contributed by atoms with Gasteiger partial charge in [0, 0.05) is 11.8 Å². The second-order valence-electron chi connectivity index (χ2n) is 3.34. The molecule has 0 spiro atoms. The molecule has 86 valence electrons. The third kappa shape index (κ3) is 2.24. The van der Waals surface area contributed by atoms with Gasteiger partial charge in [-0.15, -0.1) is 0 Å². The zero-order valence-corrected chi connectivity index (χ0v) is 9.61. The summed E-state index contributed by atoms with van der Waals surface area (Å²) in [5.41, 5.74) is 1.41. The fourth-order valence-electron chi connectivity index (χ4n) is 1.29. The average molecular weight is 251 g/mol. The molecular weight excluding hydrogens is 244 g/mol. The first kappa shape index (κ1) is 11.5. The molecule has 0 radical (unpaired) electrons. The SMILES string of the molecule is Cc1nsc(Nc2ccc(F)c(F)c2)c1C#N. The minimum atomic E-state index is -0.935. The maximum atomic E-state index is 13.0. The van der Waals surface area contributed by atoms with Crippen molar-refractivity contribution in [2.24, 2.45) is 0 Å². The number of benzene rings is 1. The predicted molar refractivity (Wildman–Crippen MR) is 61.2 cm³/mol. The molecule has 0 atom stereocenters. The van der Waals surface area contributed by atoms with Crippen LogP contribution in [0.5, 0.6) is 0 Å². The molecule has 0 aliphatic heterocycles. The Bertz CT molecular complexity index is 601. The number of hydrogen-bond acceptors (Lipinski definition) is 4. The van der Waals surface area contributed by atoms with E-state index in [0.29, 0.717) is 21.9 Å². The largest absolute Gasteiger partial charge is 0.345 e. The summed E-state index contributed by atoms with van der Waals surface area (Å²) >= 11 is 1.11. The summed E-state index contributed by atoms with van der Waals surface area (Å²) in [5, 5.41) is 12.3. The van der Waals surface area contributed by atoms with Crippen LogP contribution in [0.3, 0.4) is 0 Å². The van der Waals surface area contributed by atoms with Gasteiger partial charge in [-0.3, -0.25) is 0 Å². The first-order chi connectivity index (χ1) is 8.11. The van der Waals surface area contributed by atoms with E-state index in [2.05, 4.69) is 9.69 Å². The molecule has 3 nitrogen and oxygen atoms in total. The molecule has 1 N–H and O–H groups in total. The number of nitriles is 1. The van der Waals surface area contributed by atoms with Gasteiger partial charge in [-0.1, -0.05) is 0 Å². The zero-order chi connectivity index (χ0) is 12.4. The lowest BCUT2D eigenvalue weighted by Crippen LogP contribution is -1.92. The lowest BCUT2D eigenvalue weighted by atomic mass is 10.2. The van der Waals surface area contributed by atoms with Crippen LogP contribution in [0.25, 0.3) is 0 Å². The molecule has 0 amide bonds. The van der Waals surface area contributed by atoms with E-state index in [1.165, 1.54) is 6.07 Å². The van der Waals surface area contributed by atoms with Crippen molar-refractivity contribution in [3.8, 4) is 6.07 Å². The van der Waals surface area contributed by atoms with Gasteiger partial charge in [-0.2, -0.15) is 9.64 Å². The molecule has 0 aliphatic rings. The summed E-state index contributed by atoms with van der Waals surface area (Å²) in [5.74, 6) is -1.84. The first-order valence-electron chi connectivity index (χ1n) is 4.70. The molecular formula is C11H7F2N3S. The van der Waals surface area contributed by atoms with E-state index in [9.17, 15) is 8.78 Å². The summed E-state index contributed by atoms with van der Waals surface area (Å²) in [4.78, 5) is 0. The van der Waals surface area contributed by atoms with Gasteiger partial charge in [0.2, 0.25) is 0 Å². The number of aryl methyl sites for hydroxylation is 1. The summed E-state index contributed by atoms with van der Waals surface area (Å²) in [7, 11) is 0. The summed E-state index contributed by atoms with van der Waals surface area (Å²) in [6.07, 6.45) is 0. The number of halogens is 2. The molecule has 1 aromatic carbocycles. The second kappa shape index (κ2) is 4.47. The highest BCUT2D eigenvalue weighted by molar-refractivity contribution is 7.10. The van der Waals surface area contributed by atoms with Crippen molar-refractivity contribution in [2.45, 2.75) is 6.92 Å². The molecule has 0 unspecified atom stereocenters. The highest BCUT2D eigenvalue weighted by Crippen LogP contribution is 2.27. The number of nitrogens with one attached hydrogen (secondary N) is 1. The van der Waals surface area contributed by atoms with Crippen LogP contribution in [-0.4, -0.2) is 4.37 Å². The van der Waals surface area contributed by atoms with Crippen molar-refractivity contribution in [1.82, 2.24) is 4.37 Å². The number of nitrogens with zero attached hydrogens (tertiary/aromatic N) is 2. The minimum Gasteiger partial charge on any atom is -0.345 e. The quantitative estimate of drug-likeness (QED) is 0.890. The fraction of sp³-hybridized carbons (Fsp3) is 0.0909. The molecule has 6 heteroatoms. The Balaban J connectivity index is 2.32. The molecule has 2 aromatic rings. The van der Waals surface area contributed by atoms with Gasteiger partial charge in [-0.05, 0) is 30.6 Å². The molecule has 0 fully saturated rings. The number of anilines is 2. The monoisotopic (exact) mass is 251 g/mol. The lowest BCUT2D eigenvalue weighted by Gasteiger charge is -2.03.